The van der Waals surface area contributed by atoms with Crippen molar-refractivity contribution in [3.8, 4) is 16.8 Å². The number of thiophene rings is 1. The summed E-state index contributed by atoms with van der Waals surface area (Å²) in [5.41, 5.74) is 6.11. The second kappa shape index (κ2) is 9.40. The highest BCUT2D eigenvalue weighted by molar-refractivity contribution is 7.25. The van der Waals surface area contributed by atoms with E-state index in [1.54, 1.807) is 12.1 Å². The summed E-state index contributed by atoms with van der Waals surface area (Å²) < 4.78 is 44.5. The minimum Gasteiger partial charge on any atom is -0.309 e. The third kappa shape index (κ3) is 3.92. The van der Waals surface area contributed by atoms with Gasteiger partial charge in [0.2, 0.25) is 0 Å². The molecule has 3 aromatic heterocycles. The van der Waals surface area contributed by atoms with Crippen molar-refractivity contribution in [2.24, 2.45) is 0 Å². The Balaban J connectivity index is 1.31. The number of hydrogen-bond donors (Lipinski definition) is 0. The number of para-hydroxylation sites is 1. The molecule has 0 aliphatic carbocycles. The molecule has 0 saturated carbocycles. The average Bonchev–Trinajstić information content (AvgIpc) is 3.58. The number of aromatic nitrogens is 2. The SMILES string of the molecule is Cc1ccnc2c(-c3ccc4c(c3)c3ccccc3n4-c3ccc(C(F)(F)F)cc3)cc3cc4c(cc3c12)sc1ccccc14. The predicted octanol–water partition coefficient (Wildman–Crippen LogP) is 11.8. The van der Waals surface area contributed by atoms with Crippen molar-refractivity contribution in [1.82, 2.24) is 9.55 Å². The molecule has 45 heavy (non-hydrogen) atoms. The van der Waals surface area contributed by atoms with Gasteiger partial charge in [0.15, 0.2) is 0 Å². The highest BCUT2D eigenvalue weighted by Gasteiger charge is 2.30. The number of hydrogen-bond acceptors (Lipinski definition) is 2. The minimum atomic E-state index is -4.38. The molecule has 216 valence electrons. The van der Waals surface area contributed by atoms with Crippen molar-refractivity contribution in [2.45, 2.75) is 13.1 Å². The van der Waals surface area contributed by atoms with Crippen molar-refractivity contribution in [1.29, 1.82) is 0 Å². The van der Waals surface area contributed by atoms with Crippen molar-refractivity contribution in [2.75, 3.05) is 0 Å². The maximum Gasteiger partial charge on any atom is 0.416 e. The molecule has 0 saturated heterocycles. The lowest BCUT2D eigenvalue weighted by molar-refractivity contribution is -0.137. The summed E-state index contributed by atoms with van der Waals surface area (Å²) in [4.78, 5) is 4.92. The van der Waals surface area contributed by atoms with Crippen molar-refractivity contribution >= 4 is 75.0 Å². The van der Waals surface area contributed by atoms with Gasteiger partial charge in [0.25, 0.3) is 0 Å². The Morgan fingerprint density at radius 3 is 2.22 bits per heavy atom. The molecular formula is C39H23F3N2S. The highest BCUT2D eigenvalue weighted by Crippen LogP contribution is 2.43. The molecule has 6 aromatic carbocycles. The van der Waals surface area contributed by atoms with Crippen LogP contribution in [0.2, 0.25) is 0 Å². The molecule has 0 amide bonds. The van der Waals surface area contributed by atoms with Crippen molar-refractivity contribution in [3.05, 3.63) is 133 Å². The second-order valence-corrected chi connectivity index (χ2v) is 12.7. The van der Waals surface area contributed by atoms with Gasteiger partial charge in [-0.3, -0.25) is 4.98 Å². The molecule has 0 spiro atoms. The first kappa shape index (κ1) is 26.2. The zero-order valence-electron chi connectivity index (χ0n) is 24.0. The van der Waals surface area contributed by atoms with E-state index in [4.69, 9.17) is 4.98 Å². The number of aryl methyl sites for hydroxylation is 1. The van der Waals surface area contributed by atoms with Crippen LogP contribution in [0.4, 0.5) is 13.2 Å². The molecule has 0 N–H and O–H groups in total. The Morgan fingerprint density at radius 1 is 0.644 bits per heavy atom. The van der Waals surface area contributed by atoms with Crippen LogP contribution in [0.3, 0.4) is 0 Å². The molecule has 2 nitrogen and oxygen atoms in total. The molecule has 6 heteroatoms. The summed E-state index contributed by atoms with van der Waals surface area (Å²) in [5, 5.41) is 8.09. The van der Waals surface area contributed by atoms with E-state index in [2.05, 4.69) is 79.7 Å². The van der Waals surface area contributed by atoms with E-state index in [1.807, 2.05) is 40.3 Å². The van der Waals surface area contributed by atoms with Gasteiger partial charge in [0.1, 0.15) is 0 Å². The molecule has 9 aromatic rings. The highest BCUT2D eigenvalue weighted by atomic mass is 32.1. The molecule has 0 fully saturated rings. The Morgan fingerprint density at radius 2 is 1.40 bits per heavy atom. The van der Waals surface area contributed by atoms with Crippen LogP contribution in [0.25, 0.3) is 80.5 Å². The van der Waals surface area contributed by atoms with Gasteiger partial charge in [-0.25, -0.2) is 0 Å². The van der Waals surface area contributed by atoms with Crippen LogP contribution in [0.1, 0.15) is 11.1 Å². The zero-order chi connectivity index (χ0) is 30.4. The second-order valence-electron chi connectivity index (χ2n) is 11.6. The van der Waals surface area contributed by atoms with E-state index in [0.29, 0.717) is 5.69 Å². The summed E-state index contributed by atoms with van der Waals surface area (Å²) in [6.45, 7) is 2.14. The topological polar surface area (TPSA) is 17.8 Å². The van der Waals surface area contributed by atoms with Gasteiger partial charge in [-0.15, -0.1) is 11.3 Å². The van der Waals surface area contributed by atoms with Crippen LogP contribution < -0.4 is 0 Å². The van der Waals surface area contributed by atoms with Gasteiger partial charge in [0.05, 0.1) is 22.1 Å². The maximum atomic E-state index is 13.3. The molecule has 0 atom stereocenters. The van der Waals surface area contributed by atoms with E-state index in [0.717, 1.165) is 61.4 Å². The average molecular weight is 609 g/mol. The summed E-state index contributed by atoms with van der Waals surface area (Å²) in [7, 11) is 0. The number of benzene rings is 6. The number of rotatable bonds is 2. The minimum absolute atomic E-state index is 0.659. The van der Waals surface area contributed by atoms with Gasteiger partial charge < -0.3 is 4.57 Å². The molecule has 0 aliphatic rings. The van der Waals surface area contributed by atoms with Gasteiger partial charge in [-0.2, -0.15) is 13.2 Å². The summed E-state index contributed by atoms with van der Waals surface area (Å²) in [6.07, 6.45) is -2.51. The number of alkyl halides is 3. The van der Waals surface area contributed by atoms with Gasteiger partial charge in [-0.05, 0) is 102 Å². The lowest BCUT2D eigenvalue weighted by Crippen LogP contribution is -2.05. The largest absolute Gasteiger partial charge is 0.416 e. The first-order valence-electron chi connectivity index (χ1n) is 14.7. The fourth-order valence-electron chi connectivity index (χ4n) is 6.89. The maximum absolute atomic E-state index is 13.3. The van der Waals surface area contributed by atoms with Gasteiger partial charge in [-0.1, -0.05) is 42.5 Å². The Bertz CT molecular complexity index is 2640. The number of pyridine rings is 1. The molecular weight excluding hydrogens is 586 g/mol. The van der Waals surface area contributed by atoms with E-state index in [9.17, 15) is 13.2 Å². The van der Waals surface area contributed by atoms with E-state index < -0.39 is 11.7 Å². The third-order valence-electron chi connectivity index (χ3n) is 8.97. The number of fused-ring (bicyclic) bond motifs is 9. The van der Waals surface area contributed by atoms with E-state index >= 15 is 0 Å². The Kier molecular flexibility index (Phi) is 5.48. The molecule has 0 aliphatic heterocycles. The molecule has 0 radical (unpaired) electrons. The summed E-state index contributed by atoms with van der Waals surface area (Å²) in [5.74, 6) is 0. The third-order valence-corrected chi connectivity index (χ3v) is 10.1. The monoisotopic (exact) mass is 608 g/mol. The summed E-state index contributed by atoms with van der Waals surface area (Å²) >= 11 is 1.82. The quantitative estimate of drug-likeness (QED) is 0.179. The smallest absolute Gasteiger partial charge is 0.309 e. The van der Waals surface area contributed by atoms with Crippen molar-refractivity contribution < 1.29 is 13.2 Å². The van der Waals surface area contributed by atoms with E-state index in [1.165, 1.54) is 31.1 Å². The fourth-order valence-corrected chi connectivity index (χ4v) is 8.02. The zero-order valence-corrected chi connectivity index (χ0v) is 24.8. The first-order valence-corrected chi connectivity index (χ1v) is 15.5. The number of nitrogens with zero attached hydrogens (tertiary/aromatic N) is 2. The first-order chi connectivity index (χ1) is 21.8. The van der Waals surface area contributed by atoms with Crippen LogP contribution in [0.15, 0.2) is 121 Å². The Labute approximate surface area is 259 Å². The molecule has 0 bridgehead atoms. The van der Waals surface area contributed by atoms with Crippen molar-refractivity contribution in [3.63, 3.8) is 0 Å². The molecule has 3 heterocycles. The standard InChI is InChI=1S/C39H23F3N2S/c1-22-16-17-43-38-30(19-24-20-32-28-7-3-5-9-35(28)45-36(32)21-29(24)37(22)38)23-10-15-34-31(18-23)27-6-2-4-8-33(27)44(34)26-13-11-25(12-14-26)39(40,41)42/h2-21H,1H3. The van der Waals surface area contributed by atoms with Crippen LogP contribution in [-0.2, 0) is 6.18 Å². The fraction of sp³-hybridized carbons (Fsp3) is 0.0513. The molecule has 0 unspecified atom stereocenters. The Hall–Kier alpha value is -5.20. The predicted molar refractivity (Wildman–Crippen MR) is 182 cm³/mol. The molecule has 9 rings (SSSR count). The van der Waals surface area contributed by atoms with Crippen LogP contribution in [-0.4, -0.2) is 9.55 Å². The lowest BCUT2D eigenvalue weighted by atomic mass is 9.93. The van der Waals surface area contributed by atoms with Crippen LogP contribution >= 0.6 is 11.3 Å². The normalized spacial score (nSPS) is 12.4. The summed E-state index contributed by atoms with van der Waals surface area (Å²) in [6, 6.07) is 37.3. The van der Waals surface area contributed by atoms with Crippen LogP contribution in [0.5, 0.6) is 0 Å². The van der Waals surface area contributed by atoms with Gasteiger partial charge in [0, 0.05) is 53.8 Å². The number of halogens is 3. The van der Waals surface area contributed by atoms with Gasteiger partial charge >= 0.3 is 6.18 Å². The van der Waals surface area contributed by atoms with Crippen LogP contribution in [0, 0.1) is 6.92 Å². The lowest BCUT2D eigenvalue weighted by Gasteiger charge is -2.13. The van der Waals surface area contributed by atoms with E-state index in [-0.39, 0.29) is 0 Å².